The van der Waals surface area contributed by atoms with Crippen LogP contribution in [0, 0.1) is 0 Å². The van der Waals surface area contributed by atoms with Crippen molar-refractivity contribution >= 4 is 11.0 Å². The molecule has 0 saturated heterocycles. The maximum atomic E-state index is 4.90. The first-order chi connectivity index (χ1) is 8.75. The summed E-state index contributed by atoms with van der Waals surface area (Å²) in [5.74, 6) is 2.42. The van der Waals surface area contributed by atoms with Crippen molar-refractivity contribution in [1.82, 2.24) is 9.97 Å². The quantitative estimate of drug-likeness (QED) is 0.810. The number of hydrogen-bond donors (Lipinski definition) is 1. The second kappa shape index (κ2) is 4.75. The van der Waals surface area contributed by atoms with Crippen LogP contribution in [0.15, 0.2) is 18.2 Å². The van der Waals surface area contributed by atoms with Gasteiger partial charge in [-0.1, -0.05) is 45.2 Å². The van der Waals surface area contributed by atoms with Gasteiger partial charge < -0.3 is 4.98 Å². The molecule has 1 saturated carbocycles. The summed E-state index contributed by atoms with van der Waals surface area (Å²) in [7, 11) is 0. The van der Waals surface area contributed by atoms with Crippen LogP contribution in [0.2, 0.25) is 0 Å². The molecule has 18 heavy (non-hydrogen) atoms. The van der Waals surface area contributed by atoms with E-state index in [1.807, 2.05) is 0 Å². The first-order valence-electron chi connectivity index (χ1n) is 7.24. The van der Waals surface area contributed by atoms with Crippen molar-refractivity contribution in [2.75, 3.05) is 0 Å². The SMILES string of the molecule is CC(C)c1cccc2[nH]c(C3CCCCC3)nc12. The van der Waals surface area contributed by atoms with Gasteiger partial charge in [0.15, 0.2) is 0 Å². The predicted octanol–water partition coefficient (Wildman–Crippen LogP) is 4.73. The third kappa shape index (κ3) is 2.05. The molecular weight excluding hydrogens is 220 g/mol. The smallest absolute Gasteiger partial charge is 0.110 e. The second-order valence-corrected chi connectivity index (χ2v) is 5.86. The number of rotatable bonds is 2. The topological polar surface area (TPSA) is 28.7 Å². The van der Waals surface area contributed by atoms with Crippen LogP contribution in [0.3, 0.4) is 0 Å². The molecule has 2 heteroatoms. The van der Waals surface area contributed by atoms with Crippen LogP contribution in [0.4, 0.5) is 0 Å². The molecular formula is C16H22N2. The molecule has 1 N–H and O–H groups in total. The van der Waals surface area contributed by atoms with E-state index in [2.05, 4.69) is 37.0 Å². The maximum absolute atomic E-state index is 4.90. The highest BCUT2D eigenvalue weighted by Crippen LogP contribution is 2.33. The highest BCUT2D eigenvalue weighted by atomic mass is 14.9. The Hall–Kier alpha value is -1.31. The number of nitrogens with zero attached hydrogens (tertiary/aromatic N) is 1. The van der Waals surface area contributed by atoms with E-state index in [9.17, 15) is 0 Å². The first kappa shape index (κ1) is 11.8. The number of nitrogens with one attached hydrogen (secondary N) is 1. The molecule has 1 aromatic heterocycles. The number of fused-ring (bicyclic) bond motifs is 1. The minimum atomic E-state index is 0.538. The van der Waals surface area contributed by atoms with E-state index < -0.39 is 0 Å². The van der Waals surface area contributed by atoms with Gasteiger partial charge in [-0.3, -0.25) is 0 Å². The van der Waals surface area contributed by atoms with Crippen LogP contribution in [0.25, 0.3) is 11.0 Å². The zero-order valence-electron chi connectivity index (χ0n) is 11.4. The Morgan fingerprint density at radius 1 is 1.17 bits per heavy atom. The van der Waals surface area contributed by atoms with E-state index in [0.717, 1.165) is 0 Å². The van der Waals surface area contributed by atoms with Gasteiger partial charge in [0, 0.05) is 5.92 Å². The normalized spacial score (nSPS) is 17.7. The molecule has 0 aliphatic heterocycles. The van der Waals surface area contributed by atoms with Crippen LogP contribution >= 0.6 is 0 Å². The minimum Gasteiger partial charge on any atom is -0.342 e. The van der Waals surface area contributed by atoms with Crippen LogP contribution in [0.5, 0.6) is 0 Å². The lowest BCUT2D eigenvalue weighted by Crippen LogP contribution is -2.06. The van der Waals surface area contributed by atoms with Crippen LogP contribution in [-0.4, -0.2) is 9.97 Å². The van der Waals surface area contributed by atoms with E-state index in [4.69, 9.17) is 4.98 Å². The number of para-hydroxylation sites is 1. The Bertz CT molecular complexity index is 533. The fourth-order valence-electron chi connectivity index (χ4n) is 3.11. The Labute approximate surface area is 109 Å². The standard InChI is InChI=1S/C16H22N2/c1-11(2)13-9-6-10-14-15(13)18-16(17-14)12-7-4-3-5-8-12/h6,9-12H,3-5,7-8H2,1-2H3,(H,17,18). The van der Waals surface area contributed by atoms with Crippen molar-refractivity contribution in [2.24, 2.45) is 0 Å². The van der Waals surface area contributed by atoms with E-state index in [0.29, 0.717) is 11.8 Å². The molecule has 0 amide bonds. The summed E-state index contributed by atoms with van der Waals surface area (Å²) in [6, 6.07) is 6.50. The number of hydrogen-bond acceptors (Lipinski definition) is 1. The van der Waals surface area contributed by atoms with E-state index in [-0.39, 0.29) is 0 Å². The van der Waals surface area contributed by atoms with Crippen molar-refractivity contribution in [1.29, 1.82) is 0 Å². The highest BCUT2D eigenvalue weighted by Gasteiger charge is 2.19. The van der Waals surface area contributed by atoms with E-state index in [1.54, 1.807) is 0 Å². The molecule has 96 valence electrons. The monoisotopic (exact) mass is 242 g/mol. The third-order valence-corrected chi connectivity index (χ3v) is 4.18. The molecule has 1 aliphatic rings. The molecule has 2 aromatic rings. The molecule has 0 radical (unpaired) electrons. The summed E-state index contributed by atoms with van der Waals surface area (Å²) < 4.78 is 0. The Kier molecular flexibility index (Phi) is 3.11. The van der Waals surface area contributed by atoms with Gasteiger partial charge in [-0.2, -0.15) is 0 Å². The molecule has 1 heterocycles. The number of aromatic amines is 1. The van der Waals surface area contributed by atoms with Gasteiger partial charge in [0.1, 0.15) is 5.82 Å². The lowest BCUT2D eigenvalue weighted by Gasteiger charge is -2.19. The predicted molar refractivity (Wildman–Crippen MR) is 76.0 cm³/mol. The van der Waals surface area contributed by atoms with Gasteiger partial charge in [0.2, 0.25) is 0 Å². The number of H-pyrrole nitrogens is 1. The van der Waals surface area contributed by atoms with Crippen molar-refractivity contribution in [3.05, 3.63) is 29.6 Å². The average Bonchev–Trinajstić information content (AvgIpc) is 2.83. The summed E-state index contributed by atoms with van der Waals surface area (Å²) in [5.41, 5.74) is 3.76. The zero-order chi connectivity index (χ0) is 12.5. The van der Waals surface area contributed by atoms with Gasteiger partial charge in [0.25, 0.3) is 0 Å². The minimum absolute atomic E-state index is 0.538. The molecule has 3 rings (SSSR count). The van der Waals surface area contributed by atoms with Gasteiger partial charge in [0.05, 0.1) is 11.0 Å². The Morgan fingerprint density at radius 3 is 2.67 bits per heavy atom. The summed E-state index contributed by atoms with van der Waals surface area (Å²) >= 11 is 0. The van der Waals surface area contributed by atoms with Gasteiger partial charge in [-0.25, -0.2) is 4.98 Å². The van der Waals surface area contributed by atoms with Gasteiger partial charge in [-0.05, 0) is 30.4 Å². The van der Waals surface area contributed by atoms with Crippen LogP contribution < -0.4 is 0 Å². The maximum Gasteiger partial charge on any atom is 0.110 e. The van der Waals surface area contributed by atoms with E-state index in [1.165, 1.54) is 54.5 Å². The number of benzene rings is 1. The lowest BCUT2D eigenvalue weighted by molar-refractivity contribution is 0.431. The van der Waals surface area contributed by atoms with Gasteiger partial charge in [-0.15, -0.1) is 0 Å². The summed E-state index contributed by atoms with van der Waals surface area (Å²) in [6.07, 6.45) is 6.72. The van der Waals surface area contributed by atoms with Crippen LogP contribution in [-0.2, 0) is 0 Å². The molecule has 0 bridgehead atoms. The van der Waals surface area contributed by atoms with Crippen LogP contribution in [0.1, 0.15) is 69.2 Å². The molecule has 0 spiro atoms. The second-order valence-electron chi connectivity index (χ2n) is 5.86. The van der Waals surface area contributed by atoms with Crippen molar-refractivity contribution < 1.29 is 0 Å². The third-order valence-electron chi connectivity index (χ3n) is 4.18. The van der Waals surface area contributed by atoms with Crippen molar-refractivity contribution in [3.8, 4) is 0 Å². The van der Waals surface area contributed by atoms with Crippen molar-refractivity contribution in [2.45, 2.75) is 57.8 Å². The molecule has 1 aromatic carbocycles. The number of imidazole rings is 1. The molecule has 1 fully saturated rings. The van der Waals surface area contributed by atoms with E-state index >= 15 is 0 Å². The highest BCUT2D eigenvalue weighted by molar-refractivity contribution is 5.79. The summed E-state index contributed by atoms with van der Waals surface area (Å²) in [4.78, 5) is 8.45. The first-order valence-corrected chi connectivity index (χ1v) is 7.24. The van der Waals surface area contributed by atoms with Gasteiger partial charge >= 0.3 is 0 Å². The Balaban J connectivity index is 2.02. The zero-order valence-corrected chi connectivity index (χ0v) is 11.4. The lowest BCUT2D eigenvalue weighted by atomic mass is 9.89. The largest absolute Gasteiger partial charge is 0.342 e. The summed E-state index contributed by atoms with van der Waals surface area (Å²) in [5, 5.41) is 0. The van der Waals surface area contributed by atoms with Crippen molar-refractivity contribution in [3.63, 3.8) is 0 Å². The molecule has 0 atom stereocenters. The molecule has 2 nitrogen and oxygen atoms in total. The fourth-order valence-corrected chi connectivity index (χ4v) is 3.11. The summed E-state index contributed by atoms with van der Waals surface area (Å²) in [6.45, 7) is 4.48. The number of aromatic nitrogens is 2. The Morgan fingerprint density at radius 2 is 1.94 bits per heavy atom. The molecule has 1 aliphatic carbocycles. The average molecular weight is 242 g/mol. The molecule has 0 unspecified atom stereocenters. The fraction of sp³-hybridized carbons (Fsp3) is 0.562.